The maximum Gasteiger partial charge on any atom is 0.0933 e. The summed E-state index contributed by atoms with van der Waals surface area (Å²) in [5.41, 5.74) is 7.43. The van der Waals surface area contributed by atoms with Gasteiger partial charge in [-0.3, -0.25) is 4.90 Å². The molecule has 4 unspecified atom stereocenters. The number of hydrogen-bond acceptors (Lipinski definition) is 4. The van der Waals surface area contributed by atoms with Crippen LogP contribution in [0.15, 0.2) is 30.3 Å². The average molecular weight is 264 g/mol. The molecule has 106 valence electrons. The summed E-state index contributed by atoms with van der Waals surface area (Å²) in [4.78, 5) is 2.35. The van der Waals surface area contributed by atoms with Gasteiger partial charge in [0.15, 0.2) is 0 Å². The molecule has 3 N–H and O–H groups in total. The van der Waals surface area contributed by atoms with Gasteiger partial charge in [-0.25, -0.2) is 0 Å². The molecule has 1 saturated heterocycles. The first-order valence-corrected chi connectivity index (χ1v) is 6.92. The van der Waals surface area contributed by atoms with Crippen molar-refractivity contribution in [3.05, 3.63) is 35.9 Å². The summed E-state index contributed by atoms with van der Waals surface area (Å²) in [6.45, 7) is 5.60. The van der Waals surface area contributed by atoms with Crippen LogP contribution in [0.25, 0.3) is 0 Å². The maximum atomic E-state index is 9.30. The van der Waals surface area contributed by atoms with Crippen LogP contribution in [0.3, 0.4) is 0 Å². The summed E-state index contributed by atoms with van der Waals surface area (Å²) >= 11 is 0. The Morgan fingerprint density at radius 3 is 2.68 bits per heavy atom. The summed E-state index contributed by atoms with van der Waals surface area (Å²) in [5.74, 6) is 0. The predicted octanol–water partition coefficient (Wildman–Crippen LogP) is 1.16. The third kappa shape index (κ3) is 3.34. The van der Waals surface area contributed by atoms with Gasteiger partial charge >= 0.3 is 0 Å². The van der Waals surface area contributed by atoms with Gasteiger partial charge in [0.25, 0.3) is 0 Å². The summed E-state index contributed by atoms with van der Waals surface area (Å²) in [5, 5.41) is 9.30. The second-order valence-electron chi connectivity index (χ2n) is 5.40. The van der Waals surface area contributed by atoms with Crippen molar-refractivity contribution in [2.45, 2.75) is 38.1 Å². The number of benzene rings is 1. The van der Waals surface area contributed by atoms with Gasteiger partial charge in [0, 0.05) is 18.6 Å². The number of hydrogen-bond donors (Lipinski definition) is 2. The molecule has 0 aromatic heterocycles. The minimum Gasteiger partial charge on any atom is -0.394 e. The van der Waals surface area contributed by atoms with E-state index in [-0.39, 0.29) is 24.8 Å². The molecule has 0 saturated carbocycles. The zero-order valence-corrected chi connectivity index (χ0v) is 11.7. The highest BCUT2D eigenvalue weighted by molar-refractivity contribution is 5.21. The SMILES string of the molecule is CC(N)C(c1ccccc1)N1CC(CO)OCC1C. The van der Waals surface area contributed by atoms with Crippen molar-refractivity contribution < 1.29 is 9.84 Å². The quantitative estimate of drug-likeness (QED) is 0.856. The molecule has 1 fully saturated rings. The fourth-order valence-electron chi connectivity index (χ4n) is 2.78. The average Bonchev–Trinajstić information content (AvgIpc) is 2.42. The molecule has 4 atom stereocenters. The summed E-state index contributed by atoms with van der Waals surface area (Å²) < 4.78 is 5.60. The second kappa shape index (κ2) is 6.48. The third-order valence-electron chi connectivity index (χ3n) is 3.75. The van der Waals surface area contributed by atoms with Crippen molar-refractivity contribution >= 4 is 0 Å². The molecular weight excluding hydrogens is 240 g/mol. The minimum atomic E-state index is -0.110. The second-order valence-corrected chi connectivity index (χ2v) is 5.40. The minimum absolute atomic E-state index is 0.0299. The van der Waals surface area contributed by atoms with E-state index in [1.165, 1.54) is 5.56 Å². The van der Waals surface area contributed by atoms with E-state index in [4.69, 9.17) is 10.5 Å². The molecule has 1 aliphatic heterocycles. The van der Waals surface area contributed by atoms with Gasteiger partial charge in [-0.2, -0.15) is 0 Å². The Morgan fingerprint density at radius 1 is 1.42 bits per heavy atom. The van der Waals surface area contributed by atoms with Gasteiger partial charge in [-0.05, 0) is 19.4 Å². The molecule has 1 aliphatic rings. The van der Waals surface area contributed by atoms with Gasteiger partial charge < -0.3 is 15.6 Å². The largest absolute Gasteiger partial charge is 0.394 e. The normalized spacial score (nSPS) is 28.0. The van der Waals surface area contributed by atoms with E-state index in [0.717, 1.165) is 6.54 Å². The summed E-state index contributed by atoms with van der Waals surface area (Å²) in [6, 6.07) is 10.8. The number of rotatable bonds is 4. The van der Waals surface area contributed by atoms with Crippen LogP contribution in [0.5, 0.6) is 0 Å². The Balaban J connectivity index is 2.23. The van der Waals surface area contributed by atoms with E-state index in [2.05, 4.69) is 24.0 Å². The van der Waals surface area contributed by atoms with Crippen LogP contribution in [0, 0.1) is 0 Å². The van der Waals surface area contributed by atoms with Crippen molar-refractivity contribution in [3.8, 4) is 0 Å². The van der Waals surface area contributed by atoms with E-state index in [1.54, 1.807) is 0 Å². The molecule has 4 nitrogen and oxygen atoms in total. The molecule has 1 aromatic carbocycles. The Labute approximate surface area is 115 Å². The van der Waals surface area contributed by atoms with Crippen molar-refractivity contribution in [1.29, 1.82) is 0 Å². The summed E-state index contributed by atoms with van der Waals surface area (Å²) in [6.07, 6.45) is -0.110. The van der Waals surface area contributed by atoms with Crippen LogP contribution >= 0.6 is 0 Å². The van der Waals surface area contributed by atoms with Crippen LogP contribution in [-0.4, -0.2) is 48.0 Å². The number of morpholine rings is 1. The van der Waals surface area contributed by atoms with Gasteiger partial charge in [0.2, 0.25) is 0 Å². The molecule has 0 aliphatic carbocycles. The molecule has 0 bridgehead atoms. The zero-order valence-electron chi connectivity index (χ0n) is 11.7. The first-order valence-electron chi connectivity index (χ1n) is 6.92. The molecule has 19 heavy (non-hydrogen) atoms. The Morgan fingerprint density at radius 2 is 2.11 bits per heavy atom. The van der Waals surface area contributed by atoms with Crippen molar-refractivity contribution in [2.24, 2.45) is 5.73 Å². The molecule has 1 heterocycles. The van der Waals surface area contributed by atoms with Gasteiger partial charge in [0.05, 0.1) is 25.4 Å². The van der Waals surface area contributed by atoms with Crippen LogP contribution in [0.4, 0.5) is 0 Å². The molecule has 1 aromatic rings. The van der Waals surface area contributed by atoms with Crippen LogP contribution in [0.2, 0.25) is 0 Å². The van der Waals surface area contributed by atoms with E-state index in [9.17, 15) is 5.11 Å². The fourth-order valence-corrected chi connectivity index (χ4v) is 2.78. The number of ether oxygens (including phenoxy) is 1. The summed E-state index contributed by atoms with van der Waals surface area (Å²) in [7, 11) is 0. The Kier molecular flexibility index (Phi) is 4.93. The topological polar surface area (TPSA) is 58.7 Å². The van der Waals surface area contributed by atoms with E-state index in [0.29, 0.717) is 12.6 Å². The van der Waals surface area contributed by atoms with Gasteiger partial charge in [0.1, 0.15) is 0 Å². The predicted molar refractivity (Wildman–Crippen MR) is 75.8 cm³/mol. The van der Waals surface area contributed by atoms with Crippen molar-refractivity contribution in [3.63, 3.8) is 0 Å². The lowest BCUT2D eigenvalue weighted by Crippen LogP contribution is -2.54. The van der Waals surface area contributed by atoms with Gasteiger partial charge in [-0.15, -0.1) is 0 Å². The number of aliphatic hydroxyl groups is 1. The van der Waals surface area contributed by atoms with Crippen LogP contribution in [-0.2, 0) is 4.74 Å². The molecule has 4 heteroatoms. The molecule has 0 spiro atoms. The smallest absolute Gasteiger partial charge is 0.0933 e. The van der Waals surface area contributed by atoms with Crippen LogP contribution in [0.1, 0.15) is 25.5 Å². The van der Waals surface area contributed by atoms with Gasteiger partial charge in [-0.1, -0.05) is 30.3 Å². The lowest BCUT2D eigenvalue weighted by molar-refractivity contribution is -0.0941. The number of nitrogens with two attached hydrogens (primary N) is 1. The van der Waals surface area contributed by atoms with Crippen LogP contribution < -0.4 is 5.73 Å². The van der Waals surface area contributed by atoms with E-state index >= 15 is 0 Å². The Bertz CT molecular complexity index is 383. The zero-order chi connectivity index (χ0) is 13.8. The highest BCUT2D eigenvalue weighted by atomic mass is 16.5. The fraction of sp³-hybridized carbons (Fsp3) is 0.600. The monoisotopic (exact) mass is 264 g/mol. The highest BCUT2D eigenvalue weighted by Crippen LogP contribution is 2.28. The first kappa shape index (κ1) is 14.5. The molecule has 2 rings (SSSR count). The van der Waals surface area contributed by atoms with E-state index in [1.807, 2.05) is 25.1 Å². The van der Waals surface area contributed by atoms with Crippen molar-refractivity contribution in [1.82, 2.24) is 4.90 Å². The maximum absolute atomic E-state index is 9.30. The van der Waals surface area contributed by atoms with E-state index < -0.39 is 0 Å². The molecular formula is C15H24N2O2. The highest BCUT2D eigenvalue weighted by Gasteiger charge is 2.33. The molecule has 0 radical (unpaired) electrons. The Hall–Kier alpha value is -0.940. The lowest BCUT2D eigenvalue weighted by atomic mass is 9.96. The number of nitrogens with zero attached hydrogens (tertiary/aromatic N) is 1. The first-order chi connectivity index (χ1) is 9.13. The third-order valence-corrected chi connectivity index (χ3v) is 3.75. The standard InChI is InChI=1S/C15H24N2O2/c1-11-10-19-14(9-18)8-17(11)15(12(2)16)13-6-4-3-5-7-13/h3-7,11-12,14-15,18H,8-10,16H2,1-2H3. The lowest BCUT2D eigenvalue weighted by Gasteiger charge is -2.44. The van der Waals surface area contributed by atoms with Crippen molar-refractivity contribution in [2.75, 3.05) is 19.8 Å². The number of aliphatic hydroxyl groups excluding tert-OH is 1. The molecule has 0 amide bonds.